The smallest absolute Gasteiger partial charge is 0.256 e. The van der Waals surface area contributed by atoms with Crippen molar-refractivity contribution in [2.45, 2.75) is 12.5 Å². The van der Waals surface area contributed by atoms with Crippen LogP contribution in [0.5, 0.6) is 0 Å². The highest BCUT2D eigenvalue weighted by Crippen LogP contribution is 2.14. The van der Waals surface area contributed by atoms with Crippen LogP contribution < -0.4 is 11.1 Å². The van der Waals surface area contributed by atoms with E-state index in [0.29, 0.717) is 6.42 Å². The van der Waals surface area contributed by atoms with Gasteiger partial charge >= 0.3 is 0 Å². The number of aryl methyl sites for hydroxylation is 1. The summed E-state index contributed by atoms with van der Waals surface area (Å²) in [6.07, 6.45) is 1.82. The Labute approximate surface area is 98.9 Å². The minimum Gasteiger partial charge on any atom is -0.383 e. The molecule has 1 aromatic rings. The van der Waals surface area contributed by atoms with E-state index in [1.54, 1.807) is 7.05 Å². The van der Waals surface area contributed by atoms with Crippen molar-refractivity contribution in [1.29, 1.82) is 0 Å². The summed E-state index contributed by atoms with van der Waals surface area (Å²) in [5, 5.41) is 6.51. The number of nitrogens with two attached hydrogens (primary N) is 1. The van der Waals surface area contributed by atoms with Crippen LogP contribution in [0.3, 0.4) is 0 Å². The second kappa shape index (κ2) is 4.02. The predicted molar refractivity (Wildman–Crippen MR) is 62.1 cm³/mol. The molecule has 2 rings (SSSR count). The molecule has 1 aromatic heterocycles. The summed E-state index contributed by atoms with van der Waals surface area (Å²) in [6, 6.07) is -0.327. The Hall–Kier alpha value is -1.57. The Morgan fingerprint density at radius 2 is 2.35 bits per heavy atom. The fourth-order valence-corrected chi connectivity index (χ4v) is 3.47. The molecule has 0 bridgehead atoms. The van der Waals surface area contributed by atoms with Gasteiger partial charge in [-0.1, -0.05) is 0 Å². The zero-order valence-electron chi connectivity index (χ0n) is 9.38. The number of amides is 1. The molecule has 7 nitrogen and oxygen atoms in total. The molecule has 2 heterocycles. The average molecular weight is 258 g/mol. The Balaban J connectivity index is 2.06. The third-order valence-electron chi connectivity index (χ3n) is 2.80. The number of nitrogen functional groups attached to an aromatic ring is 1. The van der Waals surface area contributed by atoms with Crippen molar-refractivity contribution in [1.82, 2.24) is 15.1 Å². The van der Waals surface area contributed by atoms with E-state index < -0.39 is 9.84 Å². The van der Waals surface area contributed by atoms with Crippen LogP contribution in [-0.2, 0) is 16.9 Å². The summed E-state index contributed by atoms with van der Waals surface area (Å²) in [6.45, 7) is 0. The van der Waals surface area contributed by atoms with Crippen LogP contribution in [0.4, 0.5) is 5.82 Å². The fraction of sp³-hybridized carbons (Fsp3) is 0.556. The number of aromatic nitrogens is 2. The molecule has 1 unspecified atom stereocenters. The molecule has 1 amide bonds. The first kappa shape index (κ1) is 11.9. The lowest BCUT2D eigenvalue weighted by atomic mass is 10.2. The van der Waals surface area contributed by atoms with Crippen LogP contribution in [0, 0.1) is 0 Å². The van der Waals surface area contributed by atoms with E-state index in [0.717, 1.165) is 0 Å². The maximum Gasteiger partial charge on any atom is 0.256 e. The van der Waals surface area contributed by atoms with Crippen molar-refractivity contribution in [3.05, 3.63) is 11.8 Å². The van der Waals surface area contributed by atoms with Crippen LogP contribution in [0.1, 0.15) is 16.8 Å². The first-order valence-corrected chi connectivity index (χ1v) is 7.00. The van der Waals surface area contributed by atoms with Crippen molar-refractivity contribution < 1.29 is 13.2 Å². The van der Waals surface area contributed by atoms with E-state index >= 15 is 0 Å². The van der Waals surface area contributed by atoms with Crippen LogP contribution in [0.25, 0.3) is 0 Å². The standard InChI is InChI=1S/C9H14N4O3S/c1-13-8(10)7(4-11-13)9(14)12-6-2-3-17(15,16)5-6/h4,6H,2-3,5,10H2,1H3,(H,12,14). The lowest BCUT2D eigenvalue weighted by molar-refractivity contribution is 0.0942. The van der Waals surface area contributed by atoms with Crippen molar-refractivity contribution in [2.24, 2.45) is 7.05 Å². The largest absolute Gasteiger partial charge is 0.383 e. The number of hydrogen-bond acceptors (Lipinski definition) is 5. The Morgan fingerprint density at radius 3 is 2.82 bits per heavy atom. The van der Waals surface area contributed by atoms with E-state index in [-0.39, 0.29) is 34.8 Å². The number of carbonyl (C=O) groups excluding carboxylic acids is 1. The third kappa shape index (κ3) is 2.41. The van der Waals surface area contributed by atoms with Gasteiger partial charge < -0.3 is 11.1 Å². The molecule has 0 spiro atoms. The second-order valence-electron chi connectivity index (χ2n) is 4.14. The molecular formula is C9H14N4O3S. The van der Waals surface area contributed by atoms with E-state index in [1.807, 2.05) is 0 Å². The van der Waals surface area contributed by atoms with Gasteiger partial charge in [-0.15, -0.1) is 0 Å². The van der Waals surface area contributed by atoms with Gasteiger partial charge in [-0.05, 0) is 6.42 Å². The molecule has 1 aliphatic rings. The molecule has 0 radical (unpaired) electrons. The molecular weight excluding hydrogens is 244 g/mol. The number of rotatable bonds is 2. The highest BCUT2D eigenvalue weighted by molar-refractivity contribution is 7.91. The van der Waals surface area contributed by atoms with Gasteiger partial charge in [0.05, 0.1) is 17.7 Å². The second-order valence-corrected chi connectivity index (χ2v) is 6.37. The first-order chi connectivity index (χ1) is 7.89. The number of sulfone groups is 1. The minimum absolute atomic E-state index is 0.00108. The minimum atomic E-state index is -2.99. The molecule has 0 saturated carbocycles. The SMILES string of the molecule is Cn1ncc(C(=O)NC2CCS(=O)(=O)C2)c1N. The van der Waals surface area contributed by atoms with E-state index in [9.17, 15) is 13.2 Å². The van der Waals surface area contributed by atoms with Gasteiger partial charge in [0.25, 0.3) is 5.91 Å². The zero-order chi connectivity index (χ0) is 12.6. The van der Waals surface area contributed by atoms with E-state index in [2.05, 4.69) is 10.4 Å². The van der Waals surface area contributed by atoms with Crippen molar-refractivity contribution in [3.63, 3.8) is 0 Å². The summed E-state index contributed by atoms with van der Waals surface area (Å²) < 4.78 is 23.9. The van der Waals surface area contributed by atoms with Gasteiger partial charge in [0, 0.05) is 13.1 Å². The van der Waals surface area contributed by atoms with Gasteiger partial charge in [-0.3, -0.25) is 9.48 Å². The number of hydrogen-bond donors (Lipinski definition) is 2. The van der Waals surface area contributed by atoms with Gasteiger partial charge in [0.1, 0.15) is 11.4 Å². The van der Waals surface area contributed by atoms with Gasteiger partial charge in [-0.2, -0.15) is 5.10 Å². The topological polar surface area (TPSA) is 107 Å². The number of anilines is 1. The molecule has 17 heavy (non-hydrogen) atoms. The number of carbonyl (C=O) groups is 1. The summed E-state index contributed by atoms with van der Waals surface area (Å²) in [7, 11) is -1.36. The summed E-state index contributed by atoms with van der Waals surface area (Å²) in [4.78, 5) is 11.8. The van der Waals surface area contributed by atoms with Crippen LogP contribution in [0.2, 0.25) is 0 Å². The van der Waals surface area contributed by atoms with Crippen LogP contribution >= 0.6 is 0 Å². The van der Waals surface area contributed by atoms with E-state index in [4.69, 9.17) is 5.73 Å². The summed E-state index contributed by atoms with van der Waals surface area (Å²) >= 11 is 0. The summed E-state index contributed by atoms with van der Waals surface area (Å²) in [5.74, 6) is 0.0142. The molecule has 0 aliphatic carbocycles. The highest BCUT2D eigenvalue weighted by Gasteiger charge is 2.29. The monoisotopic (exact) mass is 258 g/mol. The maximum atomic E-state index is 11.8. The van der Waals surface area contributed by atoms with Gasteiger partial charge in [-0.25, -0.2) is 8.42 Å². The van der Waals surface area contributed by atoms with Crippen LogP contribution in [-0.4, -0.2) is 41.7 Å². The molecule has 1 saturated heterocycles. The van der Waals surface area contributed by atoms with Gasteiger partial charge in [0.2, 0.25) is 0 Å². The zero-order valence-corrected chi connectivity index (χ0v) is 10.2. The Kier molecular flexibility index (Phi) is 2.82. The molecule has 1 fully saturated rings. The Morgan fingerprint density at radius 1 is 1.65 bits per heavy atom. The normalized spacial score (nSPS) is 22.5. The Bertz CT molecular complexity index is 549. The van der Waals surface area contributed by atoms with Crippen LogP contribution in [0.15, 0.2) is 6.20 Å². The third-order valence-corrected chi connectivity index (χ3v) is 4.56. The predicted octanol–water partition coefficient (Wildman–Crippen LogP) is -1.08. The molecule has 1 atom stereocenters. The average Bonchev–Trinajstić information content (AvgIpc) is 2.72. The highest BCUT2D eigenvalue weighted by atomic mass is 32.2. The van der Waals surface area contributed by atoms with Crippen molar-refractivity contribution in [2.75, 3.05) is 17.2 Å². The molecule has 1 aliphatic heterocycles. The number of nitrogens with zero attached hydrogens (tertiary/aromatic N) is 2. The lowest BCUT2D eigenvalue weighted by Gasteiger charge is -2.09. The summed E-state index contributed by atoms with van der Waals surface area (Å²) in [5.41, 5.74) is 5.93. The first-order valence-electron chi connectivity index (χ1n) is 5.18. The lowest BCUT2D eigenvalue weighted by Crippen LogP contribution is -2.35. The van der Waals surface area contributed by atoms with Crippen molar-refractivity contribution in [3.8, 4) is 0 Å². The quantitative estimate of drug-likeness (QED) is 0.701. The molecule has 0 aromatic carbocycles. The number of nitrogens with one attached hydrogen (secondary N) is 1. The maximum absolute atomic E-state index is 11.8. The van der Waals surface area contributed by atoms with E-state index in [1.165, 1.54) is 10.9 Å². The molecule has 8 heteroatoms. The van der Waals surface area contributed by atoms with Crippen molar-refractivity contribution >= 4 is 21.6 Å². The molecule has 3 N–H and O–H groups in total. The van der Waals surface area contributed by atoms with Gasteiger partial charge in [0.15, 0.2) is 9.84 Å². The molecule has 94 valence electrons. The fourth-order valence-electron chi connectivity index (χ4n) is 1.79.